The summed E-state index contributed by atoms with van der Waals surface area (Å²) < 4.78 is 7.25. The minimum atomic E-state index is -0.551. The van der Waals surface area contributed by atoms with Crippen LogP contribution in [0.1, 0.15) is 21.6 Å². The van der Waals surface area contributed by atoms with E-state index in [1.165, 1.54) is 22.9 Å². The van der Waals surface area contributed by atoms with Gasteiger partial charge in [0.15, 0.2) is 0 Å². The van der Waals surface area contributed by atoms with Gasteiger partial charge in [0.25, 0.3) is 11.6 Å². The Balaban J connectivity index is 1.90. The number of amides is 1. The number of rotatable bonds is 5. The van der Waals surface area contributed by atoms with Gasteiger partial charge in [-0.25, -0.2) is 0 Å². The summed E-state index contributed by atoms with van der Waals surface area (Å²) in [5.74, 6) is 0.274. The smallest absolute Gasteiger partial charge is 0.275 e. The van der Waals surface area contributed by atoms with Crippen LogP contribution < -0.4 is 10.1 Å². The number of nitrogens with one attached hydrogen (secondary N) is 1. The van der Waals surface area contributed by atoms with E-state index in [1.54, 1.807) is 38.4 Å². The highest BCUT2D eigenvalue weighted by atomic mass is 35.5. The van der Waals surface area contributed by atoms with E-state index in [-0.39, 0.29) is 17.1 Å². The van der Waals surface area contributed by atoms with Crippen molar-refractivity contribution in [2.45, 2.75) is 13.8 Å². The molecule has 2 aromatic carbocycles. The molecule has 144 valence electrons. The van der Waals surface area contributed by atoms with Crippen LogP contribution in [0.15, 0.2) is 42.6 Å². The Morgan fingerprint density at radius 3 is 2.57 bits per heavy atom. The van der Waals surface area contributed by atoms with Gasteiger partial charge in [-0.15, -0.1) is 0 Å². The van der Waals surface area contributed by atoms with Gasteiger partial charge >= 0.3 is 0 Å². The third kappa shape index (κ3) is 4.29. The molecule has 0 aliphatic carbocycles. The lowest BCUT2D eigenvalue weighted by Gasteiger charge is -2.10. The Morgan fingerprint density at radius 1 is 1.21 bits per heavy atom. The molecule has 8 nitrogen and oxygen atoms in total. The van der Waals surface area contributed by atoms with E-state index >= 15 is 0 Å². The molecule has 28 heavy (non-hydrogen) atoms. The number of carbonyl (C=O) groups excluding carboxylic acids is 1. The Hall–Kier alpha value is -3.39. The fraction of sp³-hybridized carbons (Fsp3) is 0.158. The minimum Gasteiger partial charge on any atom is -0.457 e. The van der Waals surface area contributed by atoms with Crippen molar-refractivity contribution in [3.63, 3.8) is 0 Å². The third-order valence-corrected chi connectivity index (χ3v) is 4.41. The zero-order valence-corrected chi connectivity index (χ0v) is 16.1. The molecule has 0 spiro atoms. The average molecular weight is 401 g/mol. The van der Waals surface area contributed by atoms with Crippen molar-refractivity contribution in [2.75, 3.05) is 5.32 Å². The molecule has 1 heterocycles. The number of aromatic nitrogens is 2. The average Bonchev–Trinajstić information content (AvgIpc) is 2.96. The number of benzene rings is 2. The second-order valence-electron chi connectivity index (χ2n) is 6.24. The third-order valence-electron chi connectivity index (χ3n) is 3.98. The van der Waals surface area contributed by atoms with Gasteiger partial charge in [-0.3, -0.25) is 19.6 Å². The SMILES string of the molecule is Cc1cc(Oc2cc(NC(=O)c3cn(C)nc3C)cc([N+](=O)[O-])c2)ccc1Cl. The summed E-state index contributed by atoms with van der Waals surface area (Å²) in [6, 6.07) is 9.13. The lowest BCUT2D eigenvalue weighted by Crippen LogP contribution is -2.12. The van der Waals surface area contributed by atoms with Crippen molar-refractivity contribution in [3.8, 4) is 11.5 Å². The van der Waals surface area contributed by atoms with Crippen LogP contribution in [0.2, 0.25) is 5.02 Å². The Bertz CT molecular complexity index is 1080. The van der Waals surface area contributed by atoms with Crippen molar-refractivity contribution in [2.24, 2.45) is 7.05 Å². The van der Waals surface area contributed by atoms with E-state index in [2.05, 4.69) is 10.4 Å². The predicted molar refractivity (Wildman–Crippen MR) is 105 cm³/mol. The summed E-state index contributed by atoms with van der Waals surface area (Å²) in [6.07, 6.45) is 1.58. The number of halogens is 1. The van der Waals surface area contributed by atoms with Crippen molar-refractivity contribution in [1.82, 2.24) is 9.78 Å². The number of hydrogen-bond donors (Lipinski definition) is 1. The van der Waals surface area contributed by atoms with E-state index in [9.17, 15) is 14.9 Å². The topological polar surface area (TPSA) is 99.3 Å². The fourth-order valence-corrected chi connectivity index (χ4v) is 2.78. The van der Waals surface area contributed by atoms with Crippen LogP contribution in [0, 0.1) is 24.0 Å². The molecular weight excluding hydrogens is 384 g/mol. The zero-order chi connectivity index (χ0) is 20.4. The number of non-ortho nitro benzene ring substituents is 1. The molecular formula is C19H17ClN4O4. The van der Waals surface area contributed by atoms with E-state index < -0.39 is 10.8 Å². The first-order valence-electron chi connectivity index (χ1n) is 8.28. The second kappa shape index (κ2) is 7.69. The van der Waals surface area contributed by atoms with Crippen LogP contribution in [-0.4, -0.2) is 20.6 Å². The van der Waals surface area contributed by atoms with Crippen LogP contribution in [0.4, 0.5) is 11.4 Å². The maximum atomic E-state index is 12.5. The molecule has 0 atom stereocenters. The van der Waals surface area contributed by atoms with Crippen LogP contribution in [-0.2, 0) is 7.05 Å². The molecule has 0 fully saturated rings. The monoisotopic (exact) mass is 400 g/mol. The van der Waals surface area contributed by atoms with Crippen molar-refractivity contribution >= 4 is 28.9 Å². The van der Waals surface area contributed by atoms with E-state index in [0.29, 0.717) is 22.0 Å². The number of aryl methyl sites for hydroxylation is 3. The molecule has 3 rings (SSSR count). The number of nitro benzene ring substituents is 1. The number of nitro groups is 1. The molecule has 0 saturated carbocycles. The number of hydrogen-bond acceptors (Lipinski definition) is 5. The summed E-state index contributed by atoms with van der Waals surface area (Å²) in [7, 11) is 1.71. The van der Waals surface area contributed by atoms with Gasteiger partial charge in [-0.05, 0) is 37.6 Å². The van der Waals surface area contributed by atoms with Gasteiger partial charge in [0, 0.05) is 30.4 Å². The molecule has 1 aromatic heterocycles. The highest BCUT2D eigenvalue weighted by molar-refractivity contribution is 6.31. The van der Waals surface area contributed by atoms with Crippen molar-refractivity contribution in [3.05, 3.63) is 74.6 Å². The number of carbonyl (C=O) groups is 1. The van der Waals surface area contributed by atoms with Crippen LogP contribution in [0.25, 0.3) is 0 Å². The molecule has 0 aliphatic rings. The van der Waals surface area contributed by atoms with E-state index in [0.717, 1.165) is 5.56 Å². The van der Waals surface area contributed by atoms with Gasteiger partial charge in [0.2, 0.25) is 0 Å². The molecule has 1 amide bonds. The maximum absolute atomic E-state index is 12.5. The Labute approximate surface area is 165 Å². The van der Waals surface area contributed by atoms with Crippen molar-refractivity contribution < 1.29 is 14.5 Å². The Morgan fingerprint density at radius 2 is 1.96 bits per heavy atom. The molecule has 0 saturated heterocycles. The summed E-state index contributed by atoms with van der Waals surface area (Å²) in [4.78, 5) is 23.2. The first kappa shape index (κ1) is 19.4. The quantitative estimate of drug-likeness (QED) is 0.496. The maximum Gasteiger partial charge on any atom is 0.275 e. The molecule has 1 N–H and O–H groups in total. The van der Waals surface area contributed by atoms with Gasteiger partial charge in [0.05, 0.1) is 27.9 Å². The summed E-state index contributed by atoms with van der Waals surface area (Å²) in [5.41, 5.74) is 1.78. The van der Waals surface area contributed by atoms with Gasteiger partial charge in [-0.2, -0.15) is 5.10 Å². The van der Waals surface area contributed by atoms with Gasteiger partial charge in [0.1, 0.15) is 11.5 Å². The molecule has 9 heteroatoms. The number of nitrogens with zero attached hydrogens (tertiary/aromatic N) is 3. The fourth-order valence-electron chi connectivity index (χ4n) is 2.66. The van der Waals surface area contributed by atoms with Crippen molar-refractivity contribution in [1.29, 1.82) is 0 Å². The normalized spacial score (nSPS) is 10.6. The second-order valence-corrected chi connectivity index (χ2v) is 6.65. The summed E-state index contributed by atoms with van der Waals surface area (Å²) in [5, 5.41) is 18.6. The highest BCUT2D eigenvalue weighted by Gasteiger charge is 2.16. The molecule has 3 aromatic rings. The molecule has 0 unspecified atom stereocenters. The molecule has 0 radical (unpaired) electrons. The highest BCUT2D eigenvalue weighted by Crippen LogP contribution is 2.31. The number of anilines is 1. The van der Waals surface area contributed by atoms with Crippen LogP contribution >= 0.6 is 11.6 Å². The Kier molecular flexibility index (Phi) is 5.32. The van der Waals surface area contributed by atoms with Gasteiger partial charge < -0.3 is 10.1 Å². The lowest BCUT2D eigenvalue weighted by atomic mass is 10.2. The minimum absolute atomic E-state index is 0.207. The first-order chi connectivity index (χ1) is 13.2. The number of ether oxygens (including phenoxy) is 1. The van der Waals surface area contributed by atoms with Crippen LogP contribution in [0.5, 0.6) is 11.5 Å². The van der Waals surface area contributed by atoms with E-state index in [1.807, 2.05) is 6.92 Å². The first-order valence-corrected chi connectivity index (χ1v) is 8.66. The molecule has 0 aliphatic heterocycles. The largest absolute Gasteiger partial charge is 0.457 e. The summed E-state index contributed by atoms with van der Waals surface area (Å²) in [6.45, 7) is 3.53. The zero-order valence-electron chi connectivity index (χ0n) is 15.4. The molecule has 0 bridgehead atoms. The predicted octanol–water partition coefficient (Wildman–Crippen LogP) is 4.64. The van der Waals surface area contributed by atoms with E-state index in [4.69, 9.17) is 16.3 Å². The van der Waals surface area contributed by atoms with Crippen LogP contribution in [0.3, 0.4) is 0 Å². The van der Waals surface area contributed by atoms with Gasteiger partial charge in [-0.1, -0.05) is 11.6 Å². The lowest BCUT2D eigenvalue weighted by molar-refractivity contribution is -0.384. The standard InChI is InChI=1S/C19H17ClN4O4/c1-11-6-15(4-5-18(11)20)28-16-8-13(7-14(9-16)24(26)27)21-19(25)17-10-23(3)22-12(17)2/h4-10H,1-3H3,(H,21,25). The summed E-state index contributed by atoms with van der Waals surface area (Å²) >= 11 is 6.01.